The summed E-state index contributed by atoms with van der Waals surface area (Å²) < 4.78 is 28.1. The van der Waals surface area contributed by atoms with Crippen molar-refractivity contribution in [2.45, 2.75) is 29.8 Å². The average Bonchev–Trinajstić information content (AvgIpc) is 2.71. The normalized spacial score (nSPS) is 18.8. The van der Waals surface area contributed by atoms with Gasteiger partial charge in [0.1, 0.15) is 0 Å². The molecule has 4 rings (SSSR count). The zero-order valence-electron chi connectivity index (χ0n) is 15.2. The molecule has 4 N–H and O–H groups in total. The zero-order valence-corrected chi connectivity index (χ0v) is 16.1. The van der Waals surface area contributed by atoms with E-state index in [9.17, 15) is 13.2 Å². The molecule has 0 aliphatic heterocycles. The SMILES string of the molecule is O=C(NO)c1cnc(NC2CC(NS(=O)(=O)c3ccc4ccccc4c3)C2)nc1. The lowest BCUT2D eigenvalue weighted by molar-refractivity contribution is 0.0705. The first-order valence-corrected chi connectivity index (χ1v) is 10.5. The number of carbonyl (C=O) groups is 1. The predicted molar refractivity (Wildman–Crippen MR) is 106 cm³/mol. The monoisotopic (exact) mass is 413 g/mol. The highest BCUT2D eigenvalue weighted by molar-refractivity contribution is 7.89. The van der Waals surface area contributed by atoms with E-state index in [-0.39, 0.29) is 22.5 Å². The highest BCUT2D eigenvalue weighted by Gasteiger charge is 2.33. The van der Waals surface area contributed by atoms with E-state index in [1.165, 1.54) is 17.9 Å². The molecule has 10 heteroatoms. The number of hydroxylamine groups is 1. The van der Waals surface area contributed by atoms with Gasteiger partial charge in [-0.05, 0) is 35.7 Å². The van der Waals surface area contributed by atoms with Crippen LogP contribution in [0.4, 0.5) is 5.95 Å². The number of sulfonamides is 1. The van der Waals surface area contributed by atoms with Crippen LogP contribution in [0.25, 0.3) is 10.8 Å². The van der Waals surface area contributed by atoms with Gasteiger partial charge in [-0.25, -0.2) is 28.6 Å². The second-order valence-corrected chi connectivity index (χ2v) is 8.59. The molecular weight excluding hydrogens is 394 g/mol. The fourth-order valence-electron chi connectivity index (χ4n) is 3.22. The van der Waals surface area contributed by atoms with Crippen molar-refractivity contribution in [2.75, 3.05) is 5.32 Å². The van der Waals surface area contributed by atoms with E-state index >= 15 is 0 Å². The minimum Gasteiger partial charge on any atom is -0.351 e. The predicted octanol–water partition coefficient (Wildman–Crippen LogP) is 1.67. The lowest BCUT2D eigenvalue weighted by Crippen LogP contribution is -2.49. The fourth-order valence-corrected chi connectivity index (χ4v) is 4.52. The number of benzene rings is 2. The summed E-state index contributed by atoms with van der Waals surface area (Å²) in [5.41, 5.74) is 1.64. The first-order valence-electron chi connectivity index (χ1n) is 8.99. The second-order valence-electron chi connectivity index (χ2n) is 6.88. The summed E-state index contributed by atoms with van der Waals surface area (Å²) in [7, 11) is -3.60. The maximum Gasteiger partial charge on any atom is 0.277 e. The number of hydrogen-bond acceptors (Lipinski definition) is 7. The molecule has 1 amide bonds. The molecule has 0 saturated heterocycles. The van der Waals surface area contributed by atoms with Crippen molar-refractivity contribution in [2.24, 2.45) is 0 Å². The highest BCUT2D eigenvalue weighted by Crippen LogP contribution is 2.26. The third kappa shape index (κ3) is 4.19. The molecule has 1 aliphatic carbocycles. The smallest absolute Gasteiger partial charge is 0.277 e. The molecule has 0 bridgehead atoms. The Hall–Kier alpha value is -3.08. The largest absolute Gasteiger partial charge is 0.351 e. The van der Waals surface area contributed by atoms with Crippen LogP contribution in [0.2, 0.25) is 0 Å². The summed E-state index contributed by atoms with van der Waals surface area (Å²) >= 11 is 0. The molecule has 1 aliphatic rings. The molecule has 0 unspecified atom stereocenters. The van der Waals surface area contributed by atoms with E-state index in [1.807, 2.05) is 24.3 Å². The summed E-state index contributed by atoms with van der Waals surface area (Å²) in [5.74, 6) is -0.358. The van der Waals surface area contributed by atoms with Crippen LogP contribution < -0.4 is 15.5 Å². The van der Waals surface area contributed by atoms with Crippen molar-refractivity contribution >= 4 is 32.7 Å². The molecule has 1 saturated carbocycles. The summed E-state index contributed by atoms with van der Waals surface area (Å²) in [6.07, 6.45) is 3.77. The Morgan fingerprint density at radius 3 is 2.38 bits per heavy atom. The standard InChI is InChI=1S/C19H19N5O4S/c25-18(23-26)14-10-20-19(21-11-14)22-15-8-16(9-15)24-29(27,28)17-6-5-12-3-1-2-4-13(12)7-17/h1-7,10-11,15-16,24,26H,8-9H2,(H,23,25)(H,20,21,22). The molecule has 1 fully saturated rings. The van der Waals surface area contributed by atoms with Crippen molar-refractivity contribution in [1.29, 1.82) is 0 Å². The number of amides is 1. The Morgan fingerprint density at radius 1 is 1.00 bits per heavy atom. The van der Waals surface area contributed by atoms with Gasteiger partial charge in [-0.15, -0.1) is 0 Å². The van der Waals surface area contributed by atoms with Gasteiger partial charge in [0, 0.05) is 24.5 Å². The molecule has 0 radical (unpaired) electrons. The van der Waals surface area contributed by atoms with Crippen LogP contribution in [-0.2, 0) is 10.0 Å². The first kappa shape index (κ1) is 19.2. The number of nitrogens with one attached hydrogen (secondary N) is 3. The zero-order chi connectivity index (χ0) is 20.4. The molecular formula is C19H19N5O4S. The maximum atomic E-state index is 12.7. The average molecular weight is 413 g/mol. The van der Waals surface area contributed by atoms with Gasteiger partial charge in [0.05, 0.1) is 10.5 Å². The lowest BCUT2D eigenvalue weighted by atomic mass is 9.88. The minimum atomic E-state index is -3.60. The van der Waals surface area contributed by atoms with Crippen molar-refractivity contribution < 1.29 is 18.4 Å². The van der Waals surface area contributed by atoms with E-state index in [0.717, 1.165) is 10.8 Å². The van der Waals surface area contributed by atoms with Gasteiger partial charge in [-0.2, -0.15) is 0 Å². The molecule has 1 aromatic heterocycles. The summed E-state index contributed by atoms with van der Waals surface area (Å²) in [4.78, 5) is 19.5. The molecule has 3 aromatic rings. The summed E-state index contributed by atoms with van der Waals surface area (Å²) in [6, 6.07) is 12.5. The van der Waals surface area contributed by atoms with Gasteiger partial charge in [0.15, 0.2) is 0 Å². The Kier molecular flexibility index (Phi) is 5.14. The lowest BCUT2D eigenvalue weighted by Gasteiger charge is -2.36. The number of carbonyl (C=O) groups excluding carboxylic acids is 1. The van der Waals surface area contributed by atoms with E-state index in [2.05, 4.69) is 20.0 Å². The van der Waals surface area contributed by atoms with Gasteiger partial charge in [0.2, 0.25) is 16.0 Å². The number of hydrogen-bond donors (Lipinski definition) is 4. The molecule has 2 aromatic carbocycles. The Morgan fingerprint density at radius 2 is 1.69 bits per heavy atom. The maximum absolute atomic E-state index is 12.7. The Labute approximate surface area is 167 Å². The quantitative estimate of drug-likeness (QED) is 0.357. The molecule has 1 heterocycles. The van der Waals surface area contributed by atoms with Crippen LogP contribution in [-0.4, -0.2) is 41.6 Å². The number of nitrogens with zero attached hydrogens (tertiary/aromatic N) is 2. The Bertz CT molecular complexity index is 1140. The number of anilines is 1. The summed E-state index contributed by atoms with van der Waals surface area (Å²) in [5, 5.41) is 13.5. The second kappa shape index (κ2) is 7.74. The van der Waals surface area contributed by atoms with Crippen LogP contribution in [0.15, 0.2) is 59.8 Å². The Balaban J connectivity index is 1.34. The van der Waals surface area contributed by atoms with Gasteiger partial charge < -0.3 is 5.32 Å². The van der Waals surface area contributed by atoms with Gasteiger partial charge in [-0.1, -0.05) is 30.3 Å². The van der Waals surface area contributed by atoms with E-state index in [1.54, 1.807) is 18.2 Å². The first-order chi connectivity index (χ1) is 13.9. The van der Waals surface area contributed by atoms with Crippen molar-refractivity contribution in [3.8, 4) is 0 Å². The minimum absolute atomic E-state index is 0.0248. The van der Waals surface area contributed by atoms with Crippen LogP contribution in [0, 0.1) is 0 Å². The van der Waals surface area contributed by atoms with Crippen molar-refractivity contribution in [3.05, 3.63) is 60.4 Å². The van der Waals surface area contributed by atoms with E-state index < -0.39 is 15.9 Å². The topological polar surface area (TPSA) is 133 Å². The molecule has 9 nitrogen and oxygen atoms in total. The van der Waals surface area contributed by atoms with Crippen LogP contribution in [0.3, 0.4) is 0 Å². The van der Waals surface area contributed by atoms with Gasteiger partial charge in [0.25, 0.3) is 5.91 Å². The third-order valence-electron chi connectivity index (χ3n) is 4.84. The molecule has 29 heavy (non-hydrogen) atoms. The van der Waals surface area contributed by atoms with Crippen LogP contribution >= 0.6 is 0 Å². The molecule has 0 spiro atoms. The van der Waals surface area contributed by atoms with Gasteiger partial charge in [-0.3, -0.25) is 10.0 Å². The van der Waals surface area contributed by atoms with Crippen LogP contribution in [0.5, 0.6) is 0 Å². The highest BCUT2D eigenvalue weighted by atomic mass is 32.2. The van der Waals surface area contributed by atoms with E-state index in [4.69, 9.17) is 5.21 Å². The number of rotatable bonds is 6. The van der Waals surface area contributed by atoms with E-state index in [0.29, 0.717) is 18.8 Å². The number of fused-ring (bicyclic) bond motifs is 1. The fraction of sp³-hybridized carbons (Fsp3) is 0.211. The van der Waals surface area contributed by atoms with Gasteiger partial charge >= 0.3 is 0 Å². The van der Waals surface area contributed by atoms with Crippen LogP contribution in [0.1, 0.15) is 23.2 Å². The molecule has 0 atom stereocenters. The summed E-state index contributed by atoms with van der Waals surface area (Å²) in [6.45, 7) is 0. The van der Waals surface area contributed by atoms with Crippen molar-refractivity contribution in [1.82, 2.24) is 20.2 Å². The number of aromatic nitrogens is 2. The molecule has 150 valence electrons. The van der Waals surface area contributed by atoms with Crippen molar-refractivity contribution in [3.63, 3.8) is 0 Å². The third-order valence-corrected chi connectivity index (χ3v) is 6.36.